The molecular formula is C25H27N5O3S. The van der Waals surface area contributed by atoms with Crippen LogP contribution in [0.1, 0.15) is 18.1 Å². The van der Waals surface area contributed by atoms with E-state index in [-0.39, 0.29) is 30.9 Å². The van der Waals surface area contributed by atoms with Crippen molar-refractivity contribution >= 4 is 39.3 Å². The number of likely N-dealkylation sites (N-methyl/N-ethyl adjacent to an activating group) is 1. The average Bonchev–Trinajstić information content (AvgIpc) is 3.22. The minimum Gasteiger partial charge on any atom is -0.348 e. The van der Waals surface area contributed by atoms with Crippen molar-refractivity contribution in [3.63, 3.8) is 0 Å². The van der Waals surface area contributed by atoms with Crippen LogP contribution in [0.2, 0.25) is 0 Å². The molecule has 2 fully saturated rings. The summed E-state index contributed by atoms with van der Waals surface area (Å²) in [4.78, 5) is 42.3. The van der Waals surface area contributed by atoms with E-state index in [1.165, 1.54) is 9.60 Å². The van der Waals surface area contributed by atoms with Gasteiger partial charge in [0.05, 0.1) is 12.6 Å². The Balaban J connectivity index is 1.50. The molecule has 5 rings (SSSR count). The Morgan fingerprint density at radius 1 is 1.06 bits per heavy atom. The Morgan fingerprint density at radius 2 is 1.79 bits per heavy atom. The third kappa shape index (κ3) is 4.12. The molecule has 2 aromatic carbocycles. The second-order valence-corrected chi connectivity index (χ2v) is 9.74. The first-order valence-corrected chi connectivity index (χ1v) is 12.2. The Labute approximate surface area is 202 Å². The molecule has 1 aromatic heterocycles. The third-order valence-corrected chi connectivity index (χ3v) is 7.39. The van der Waals surface area contributed by atoms with Gasteiger partial charge in [0.2, 0.25) is 11.8 Å². The minimum absolute atomic E-state index is 0.0423. The molecule has 0 spiro atoms. The third-order valence-electron chi connectivity index (χ3n) is 6.38. The van der Waals surface area contributed by atoms with Crippen LogP contribution in [-0.4, -0.2) is 70.0 Å². The van der Waals surface area contributed by atoms with Crippen molar-refractivity contribution in [1.82, 2.24) is 25.1 Å². The number of amides is 4. The molecule has 8 nitrogen and oxygen atoms in total. The van der Waals surface area contributed by atoms with Crippen LogP contribution >= 0.6 is 11.3 Å². The largest absolute Gasteiger partial charge is 0.348 e. The number of urea groups is 1. The molecule has 9 heteroatoms. The van der Waals surface area contributed by atoms with Gasteiger partial charge < -0.3 is 15.1 Å². The van der Waals surface area contributed by atoms with Crippen molar-refractivity contribution in [2.45, 2.75) is 32.2 Å². The van der Waals surface area contributed by atoms with Crippen molar-refractivity contribution in [1.29, 1.82) is 0 Å². The van der Waals surface area contributed by atoms with Gasteiger partial charge in [0.25, 0.3) is 0 Å². The molecule has 4 amide bonds. The van der Waals surface area contributed by atoms with Gasteiger partial charge >= 0.3 is 6.03 Å². The highest BCUT2D eigenvalue weighted by molar-refractivity contribution is 7.17. The van der Waals surface area contributed by atoms with Crippen molar-refractivity contribution < 1.29 is 14.4 Å². The van der Waals surface area contributed by atoms with E-state index >= 15 is 0 Å². The van der Waals surface area contributed by atoms with E-state index in [2.05, 4.69) is 22.8 Å². The second-order valence-electron chi connectivity index (χ2n) is 8.83. The van der Waals surface area contributed by atoms with Gasteiger partial charge in [0, 0.05) is 24.8 Å². The van der Waals surface area contributed by atoms with E-state index in [0.717, 1.165) is 16.5 Å². The average molecular weight is 478 g/mol. The van der Waals surface area contributed by atoms with Crippen molar-refractivity contribution in [2.75, 3.05) is 20.1 Å². The fourth-order valence-electron chi connectivity index (χ4n) is 4.80. The first kappa shape index (κ1) is 22.4. The predicted molar refractivity (Wildman–Crippen MR) is 130 cm³/mol. The Morgan fingerprint density at radius 3 is 2.59 bits per heavy atom. The number of hydrazine groups is 1. The number of carbonyl (C=O) groups is 3. The molecule has 1 N–H and O–H groups in total. The number of rotatable bonds is 4. The summed E-state index contributed by atoms with van der Waals surface area (Å²) in [5, 5.41) is 9.44. The molecule has 3 aromatic rings. The van der Waals surface area contributed by atoms with Crippen LogP contribution in [-0.2, 0) is 22.7 Å². The fourth-order valence-corrected chi connectivity index (χ4v) is 5.75. The van der Waals surface area contributed by atoms with E-state index in [1.54, 1.807) is 28.4 Å². The van der Waals surface area contributed by atoms with E-state index in [4.69, 9.17) is 0 Å². The van der Waals surface area contributed by atoms with Crippen molar-refractivity contribution in [3.8, 4) is 0 Å². The first-order chi connectivity index (χ1) is 16.4. The predicted octanol–water partition coefficient (Wildman–Crippen LogP) is 2.86. The van der Waals surface area contributed by atoms with Crippen LogP contribution in [0.15, 0.2) is 60.0 Å². The molecule has 0 bridgehead atoms. The standard InChI is InChI=1S/C25H27N5O3S/c1-17-24-29(14-22(31)26-17)23(32)15-27(2)30(24)25(33)28(12-18-8-4-3-5-9-18)13-19-16-34-21-11-7-6-10-20(19)21/h3-11,16-17,24H,12-15H2,1-2H3,(H,26,31). The summed E-state index contributed by atoms with van der Waals surface area (Å²) < 4.78 is 1.18. The Hall–Kier alpha value is -3.43. The summed E-state index contributed by atoms with van der Waals surface area (Å²) in [5.41, 5.74) is 2.11. The number of thiophene rings is 1. The zero-order chi connectivity index (χ0) is 23.8. The van der Waals surface area contributed by atoms with Gasteiger partial charge in [-0.1, -0.05) is 48.5 Å². The molecule has 2 atom stereocenters. The van der Waals surface area contributed by atoms with Gasteiger partial charge in [-0.25, -0.2) is 14.8 Å². The molecule has 0 aliphatic carbocycles. The molecule has 2 unspecified atom stereocenters. The number of fused-ring (bicyclic) bond motifs is 2. The number of benzene rings is 2. The molecule has 0 radical (unpaired) electrons. The van der Waals surface area contributed by atoms with Crippen LogP contribution in [0.4, 0.5) is 4.79 Å². The van der Waals surface area contributed by atoms with Gasteiger partial charge in [-0.05, 0) is 34.9 Å². The molecule has 3 heterocycles. The van der Waals surface area contributed by atoms with Gasteiger partial charge in [-0.15, -0.1) is 11.3 Å². The fraction of sp³-hybridized carbons (Fsp3) is 0.320. The topological polar surface area (TPSA) is 76.2 Å². The number of nitrogens with zero attached hydrogens (tertiary/aromatic N) is 4. The van der Waals surface area contributed by atoms with E-state index in [9.17, 15) is 14.4 Å². The lowest BCUT2D eigenvalue weighted by molar-refractivity contribution is -0.176. The number of nitrogens with one attached hydrogen (secondary N) is 1. The first-order valence-electron chi connectivity index (χ1n) is 11.3. The molecular weight excluding hydrogens is 450 g/mol. The summed E-state index contributed by atoms with van der Waals surface area (Å²) in [6, 6.07) is 17.5. The summed E-state index contributed by atoms with van der Waals surface area (Å²) in [6.07, 6.45) is -0.575. The lowest BCUT2D eigenvalue weighted by Crippen LogP contribution is -2.75. The van der Waals surface area contributed by atoms with Crippen LogP contribution in [0.3, 0.4) is 0 Å². The quantitative estimate of drug-likeness (QED) is 0.627. The molecule has 2 saturated heterocycles. The number of piperazine rings is 1. The van der Waals surface area contributed by atoms with Crippen LogP contribution in [0.5, 0.6) is 0 Å². The Bertz CT molecular complexity index is 1230. The molecule has 0 saturated carbocycles. The zero-order valence-electron chi connectivity index (χ0n) is 19.2. The lowest BCUT2D eigenvalue weighted by atomic mass is 10.1. The van der Waals surface area contributed by atoms with Crippen LogP contribution in [0.25, 0.3) is 10.1 Å². The van der Waals surface area contributed by atoms with Gasteiger partial charge in [0.1, 0.15) is 12.7 Å². The van der Waals surface area contributed by atoms with E-state index in [1.807, 2.05) is 54.3 Å². The lowest BCUT2D eigenvalue weighted by Gasteiger charge is -2.52. The van der Waals surface area contributed by atoms with Gasteiger partial charge in [-0.2, -0.15) is 0 Å². The van der Waals surface area contributed by atoms with Crippen molar-refractivity contribution in [3.05, 3.63) is 71.1 Å². The SMILES string of the molecule is CC1NC(=O)CN2C(=O)CN(C)N(C(=O)N(Cc3ccccc3)Cc3csc4ccccc34)C12. The smallest absolute Gasteiger partial charge is 0.337 e. The molecule has 2 aliphatic heterocycles. The molecule has 2 aliphatic rings. The van der Waals surface area contributed by atoms with E-state index in [0.29, 0.717) is 13.1 Å². The second kappa shape index (κ2) is 9.08. The summed E-state index contributed by atoms with van der Waals surface area (Å²) in [5.74, 6) is -0.364. The number of hydrogen-bond acceptors (Lipinski definition) is 5. The maximum absolute atomic E-state index is 14.1. The summed E-state index contributed by atoms with van der Waals surface area (Å²) in [7, 11) is 1.75. The normalized spacial score (nSPS) is 20.9. The summed E-state index contributed by atoms with van der Waals surface area (Å²) >= 11 is 1.67. The maximum Gasteiger partial charge on any atom is 0.337 e. The monoisotopic (exact) mass is 477 g/mol. The molecule has 34 heavy (non-hydrogen) atoms. The van der Waals surface area contributed by atoms with E-state index < -0.39 is 12.2 Å². The highest BCUT2D eigenvalue weighted by Crippen LogP contribution is 2.29. The number of hydrogen-bond donors (Lipinski definition) is 1. The zero-order valence-corrected chi connectivity index (χ0v) is 20.0. The Kier molecular flexibility index (Phi) is 5.97. The van der Waals surface area contributed by atoms with Crippen LogP contribution in [0, 0.1) is 0 Å². The minimum atomic E-state index is -0.575. The maximum atomic E-state index is 14.1. The number of carbonyl (C=O) groups excluding carboxylic acids is 3. The van der Waals surface area contributed by atoms with Gasteiger partial charge in [-0.3, -0.25) is 9.59 Å². The van der Waals surface area contributed by atoms with Crippen LogP contribution < -0.4 is 5.32 Å². The molecule has 176 valence electrons. The van der Waals surface area contributed by atoms with Gasteiger partial charge in [0.15, 0.2) is 0 Å². The van der Waals surface area contributed by atoms with Crippen molar-refractivity contribution in [2.24, 2.45) is 0 Å². The highest BCUT2D eigenvalue weighted by atomic mass is 32.1. The summed E-state index contributed by atoms with van der Waals surface area (Å²) in [6.45, 7) is 2.69. The highest BCUT2D eigenvalue weighted by Gasteiger charge is 2.47.